The molecule has 1 aromatic rings. The van der Waals surface area contributed by atoms with Gasteiger partial charge in [-0.05, 0) is 19.3 Å². The number of thioether (sulfide) groups is 1. The Labute approximate surface area is 106 Å². The topological polar surface area (TPSA) is 67.9 Å². The largest absolute Gasteiger partial charge is 0.465 e. The maximum atomic E-state index is 11.8. The molecular formula is C11H19N3O2S. The van der Waals surface area contributed by atoms with Crippen LogP contribution in [0.2, 0.25) is 0 Å². The van der Waals surface area contributed by atoms with Gasteiger partial charge < -0.3 is 4.74 Å². The smallest absolute Gasteiger partial charge is 0.319 e. The number of ether oxygens (including phenoxy) is 1. The summed E-state index contributed by atoms with van der Waals surface area (Å²) in [6.07, 6.45) is 0.704. The van der Waals surface area contributed by atoms with Gasteiger partial charge in [-0.1, -0.05) is 32.5 Å². The van der Waals surface area contributed by atoms with Gasteiger partial charge >= 0.3 is 5.97 Å². The summed E-state index contributed by atoms with van der Waals surface area (Å²) in [7, 11) is 0. The minimum Gasteiger partial charge on any atom is -0.465 e. The van der Waals surface area contributed by atoms with Crippen molar-refractivity contribution < 1.29 is 9.53 Å². The van der Waals surface area contributed by atoms with Crippen LogP contribution >= 0.6 is 11.8 Å². The Kier molecular flexibility index (Phi) is 5.47. The number of nitrogens with one attached hydrogen (secondary N) is 1. The van der Waals surface area contributed by atoms with E-state index in [4.69, 9.17) is 4.74 Å². The molecular weight excluding hydrogens is 238 g/mol. The predicted octanol–water partition coefficient (Wildman–Crippen LogP) is 2.18. The summed E-state index contributed by atoms with van der Waals surface area (Å²) in [4.78, 5) is 15.9. The van der Waals surface area contributed by atoms with Crippen LogP contribution in [0.4, 0.5) is 0 Å². The first-order valence-corrected chi connectivity index (χ1v) is 6.63. The monoisotopic (exact) mass is 257 g/mol. The van der Waals surface area contributed by atoms with E-state index in [9.17, 15) is 4.79 Å². The third-order valence-corrected chi connectivity index (χ3v) is 3.22. The molecule has 0 saturated heterocycles. The van der Waals surface area contributed by atoms with Gasteiger partial charge in [0.05, 0.1) is 6.61 Å². The maximum absolute atomic E-state index is 11.8. The first-order valence-electron chi connectivity index (χ1n) is 5.75. The Morgan fingerprint density at radius 1 is 1.53 bits per heavy atom. The number of hydrogen-bond acceptors (Lipinski definition) is 5. The van der Waals surface area contributed by atoms with E-state index in [1.807, 2.05) is 27.7 Å². The molecule has 0 radical (unpaired) electrons. The molecule has 1 atom stereocenters. The van der Waals surface area contributed by atoms with Crippen molar-refractivity contribution in [3.05, 3.63) is 5.82 Å². The van der Waals surface area contributed by atoms with Gasteiger partial charge in [0.15, 0.2) is 0 Å². The molecule has 0 amide bonds. The fourth-order valence-electron chi connectivity index (χ4n) is 1.14. The lowest BCUT2D eigenvalue weighted by Crippen LogP contribution is -2.21. The van der Waals surface area contributed by atoms with Crippen LogP contribution in [0.15, 0.2) is 5.16 Å². The normalized spacial score (nSPS) is 12.8. The van der Waals surface area contributed by atoms with Crippen molar-refractivity contribution in [1.29, 1.82) is 0 Å². The number of rotatable bonds is 6. The number of aromatic amines is 1. The summed E-state index contributed by atoms with van der Waals surface area (Å²) in [5, 5.41) is 7.11. The first-order chi connectivity index (χ1) is 8.02. The van der Waals surface area contributed by atoms with E-state index in [2.05, 4.69) is 15.2 Å². The molecule has 1 N–H and O–H groups in total. The van der Waals surface area contributed by atoms with Crippen LogP contribution in [-0.2, 0) is 9.53 Å². The third kappa shape index (κ3) is 4.77. The number of H-pyrrole nitrogens is 1. The SMILES string of the molecule is CCC(Sc1n[nH]c(C)n1)C(=O)OCC(C)C. The highest BCUT2D eigenvalue weighted by Gasteiger charge is 2.21. The van der Waals surface area contributed by atoms with Gasteiger partial charge in [0.1, 0.15) is 11.1 Å². The zero-order valence-electron chi connectivity index (χ0n) is 10.7. The first kappa shape index (κ1) is 14.0. The number of carbonyl (C=O) groups is 1. The molecule has 1 rings (SSSR count). The quantitative estimate of drug-likeness (QED) is 0.625. The molecule has 1 heterocycles. The molecule has 6 heteroatoms. The van der Waals surface area contributed by atoms with Crippen LogP contribution < -0.4 is 0 Å². The second-order valence-electron chi connectivity index (χ2n) is 4.24. The van der Waals surface area contributed by atoms with Crippen LogP contribution in [0.3, 0.4) is 0 Å². The number of aromatic nitrogens is 3. The molecule has 1 aromatic heterocycles. The average Bonchev–Trinajstić information content (AvgIpc) is 2.68. The summed E-state index contributed by atoms with van der Waals surface area (Å²) in [6.45, 7) is 8.27. The Balaban J connectivity index is 2.50. The van der Waals surface area contributed by atoms with E-state index in [-0.39, 0.29) is 11.2 Å². The molecule has 1 unspecified atom stereocenters. The van der Waals surface area contributed by atoms with Crippen molar-refractivity contribution in [3.8, 4) is 0 Å². The van der Waals surface area contributed by atoms with Gasteiger partial charge in [-0.15, -0.1) is 5.10 Å². The van der Waals surface area contributed by atoms with E-state index in [1.54, 1.807) is 0 Å². The Hall–Kier alpha value is -1.04. The number of aryl methyl sites for hydroxylation is 1. The number of nitrogens with zero attached hydrogens (tertiary/aromatic N) is 2. The van der Waals surface area contributed by atoms with E-state index in [0.29, 0.717) is 24.1 Å². The molecule has 0 aliphatic carbocycles. The summed E-state index contributed by atoms with van der Waals surface area (Å²) < 4.78 is 5.21. The van der Waals surface area contributed by atoms with E-state index >= 15 is 0 Å². The summed E-state index contributed by atoms with van der Waals surface area (Å²) in [5.41, 5.74) is 0. The fourth-order valence-corrected chi connectivity index (χ4v) is 2.02. The fraction of sp³-hybridized carbons (Fsp3) is 0.727. The van der Waals surface area contributed by atoms with Gasteiger partial charge in [0.25, 0.3) is 0 Å². The zero-order valence-corrected chi connectivity index (χ0v) is 11.5. The predicted molar refractivity (Wildman–Crippen MR) is 66.9 cm³/mol. The summed E-state index contributed by atoms with van der Waals surface area (Å²) >= 11 is 1.34. The van der Waals surface area contributed by atoms with E-state index < -0.39 is 0 Å². The third-order valence-electron chi connectivity index (χ3n) is 2.02. The Morgan fingerprint density at radius 2 is 2.24 bits per heavy atom. The zero-order chi connectivity index (χ0) is 12.8. The van der Waals surface area contributed by atoms with Crippen LogP contribution in [0, 0.1) is 12.8 Å². The Morgan fingerprint density at radius 3 is 2.71 bits per heavy atom. The van der Waals surface area contributed by atoms with Crippen molar-refractivity contribution in [3.63, 3.8) is 0 Å². The molecule has 0 spiro atoms. The number of esters is 1. The van der Waals surface area contributed by atoms with Crippen LogP contribution in [0.25, 0.3) is 0 Å². The highest BCUT2D eigenvalue weighted by atomic mass is 32.2. The second-order valence-corrected chi connectivity index (χ2v) is 5.41. The van der Waals surface area contributed by atoms with Crippen molar-refractivity contribution in [2.24, 2.45) is 5.92 Å². The standard InChI is InChI=1S/C11H19N3O2S/c1-5-9(10(15)16-6-7(2)3)17-11-12-8(4)13-14-11/h7,9H,5-6H2,1-4H3,(H,12,13,14). The van der Waals surface area contributed by atoms with Crippen LogP contribution in [-0.4, -0.2) is 33.0 Å². The average molecular weight is 257 g/mol. The van der Waals surface area contributed by atoms with Crippen molar-refractivity contribution in [1.82, 2.24) is 15.2 Å². The molecule has 0 bridgehead atoms. The van der Waals surface area contributed by atoms with Gasteiger partial charge in [0, 0.05) is 0 Å². The molecule has 0 aliphatic heterocycles. The molecule has 5 nitrogen and oxygen atoms in total. The lowest BCUT2D eigenvalue weighted by molar-refractivity contribution is -0.144. The molecule has 0 aromatic carbocycles. The van der Waals surface area contributed by atoms with E-state index in [1.165, 1.54) is 11.8 Å². The van der Waals surface area contributed by atoms with Crippen LogP contribution in [0.1, 0.15) is 33.0 Å². The summed E-state index contributed by atoms with van der Waals surface area (Å²) in [5.74, 6) is 0.916. The molecule has 17 heavy (non-hydrogen) atoms. The van der Waals surface area contributed by atoms with Crippen LogP contribution in [0.5, 0.6) is 0 Å². The molecule has 0 aliphatic rings. The number of carbonyl (C=O) groups excluding carboxylic acids is 1. The second kappa shape index (κ2) is 6.64. The van der Waals surface area contributed by atoms with Gasteiger partial charge in [-0.2, -0.15) is 0 Å². The lowest BCUT2D eigenvalue weighted by Gasteiger charge is -2.13. The molecule has 96 valence electrons. The highest BCUT2D eigenvalue weighted by molar-refractivity contribution is 8.00. The van der Waals surface area contributed by atoms with Gasteiger partial charge in [-0.25, -0.2) is 4.98 Å². The van der Waals surface area contributed by atoms with Crippen molar-refractivity contribution >= 4 is 17.7 Å². The summed E-state index contributed by atoms with van der Waals surface area (Å²) in [6, 6.07) is 0. The molecule has 0 fully saturated rings. The van der Waals surface area contributed by atoms with Crippen molar-refractivity contribution in [2.75, 3.05) is 6.61 Å². The highest BCUT2D eigenvalue weighted by Crippen LogP contribution is 2.23. The Bertz CT molecular complexity index is 365. The maximum Gasteiger partial charge on any atom is 0.319 e. The van der Waals surface area contributed by atoms with E-state index in [0.717, 1.165) is 5.82 Å². The number of hydrogen-bond donors (Lipinski definition) is 1. The van der Waals surface area contributed by atoms with Gasteiger partial charge in [0.2, 0.25) is 5.16 Å². The van der Waals surface area contributed by atoms with Gasteiger partial charge in [-0.3, -0.25) is 9.89 Å². The van der Waals surface area contributed by atoms with Crippen molar-refractivity contribution in [2.45, 2.75) is 44.5 Å². The lowest BCUT2D eigenvalue weighted by atomic mass is 10.2. The minimum atomic E-state index is -0.232. The molecule has 0 saturated carbocycles. The minimum absolute atomic E-state index is 0.186.